The molecule has 0 bridgehead atoms. The van der Waals surface area contributed by atoms with Gasteiger partial charge in [0.25, 0.3) is 0 Å². The van der Waals surface area contributed by atoms with Crippen molar-refractivity contribution in [3.8, 4) is 0 Å². The number of benzene rings is 1. The molecule has 3 heterocycles. The first-order chi connectivity index (χ1) is 11.2. The molecule has 7 heteroatoms. The first-order valence-electron chi connectivity index (χ1n) is 7.56. The van der Waals surface area contributed by atoms with Gasteiger partial charge >= 0.3 is 0 Å². The van der Waals surface area contributed by atoms with Crippen molar-refractivity contribution >= 4 is 17.0 Å². The summed E-state index contributed by atoms with van der Waals surface area (Å²) in [5.41, 5.74) is 2.34. The van der Waals surface area contributed by atoms with E-state index in [0.29, 0.717) is 5.65 Å². The zero-order chi connectivity index (χ0) is 15.8. The highest BCUT2D eigenvalue weighted by Gasteiger charge is 2.24. The summed E-state index contributed by atoms with van der Waals surface area (Å²) in [5.74, 6) is -0.495. The van der Waals surface area contributed by atoms with Gasteiger partial charge in [0.2, 0.25) is 0 Å². The van der Waals surface area contributed by atoms with Gasteiger partial charge in [0, 0.05) is 13.1 Å². The van der Waals surface area contributed by atoms with Crippen LogP contribution in [0.1, 0.15) is 24.3 Å². The van der Waals surface area contributed by atoms with Crippen molar-refractivity contribution in [2.75, 3.05) is 18.0 Å². The van der Waals surface area contributed by atoms with Crippen molar-refractivity contribution < 1.29 is 8.78 Å². The van der Waals surface area contributed by atoms with E-state index in [1.165, 1.54) is 18.5 Å². The predicted octanol–water partition coefficient (Wildman–Crippen LogP) is 3.02. The average Bonchev–Trinajstić information content (AvgIpc) is 3.06. The van der Waals surface area contributed by atoms with Crippen LogP contribution in [-0.2, 0) is 0 Å². The van der Waals surface area contributed by atoms with Crippen molar-refractivity contribution in [1.29, 1.82) is 0 Å². The van der Waals surface area contributed by atoms with Gasteiger partial charge in [-0.1, -0.05) is 6.07 Å². The maximum atomic E-state index is 13.4. The summed E-state index contributed by atoms with van der Waals surface area (Å²) in [6.45, 7) is 1.60. The maximum absolute atomic E-state index is 13.4. The van der Waals surface area contributed by atoms with Crippen LogP contribution in [0.4, 0.5) is 14.6 Å². The Hall–Kier alpha value is -2.57. The summed E-state index contributed by atoms with van der Waals surface area (Å²) in [6, 6.07) is 4.19. The quantitative estimate of drug-likeness (QED) is 0.790. The lowest BCUT2D eigenvalue weighted by molar-refractivity contribution is 0.484. The number of hydrogen-bond acceptors (Lipinski definition) is 4. The molecule has 1 fully saturated rings. The molecular formula is C16H15F2N5. The number of H-pyrrole nitrogens is 1. The van der Waals surface area contributed by atoms with E-state index in [1.807, 2.05) is 0 Å². The fourth-order valence-electron chi connectivity index (χ4n) is 3.18. The van der Waals surface area contributed by atoms with Gasteiger partial charge in [-0.3, -0.25) is 0 Å². The molecular weight excluding hydrogens is 300 g/mol. The van der Waals surface area contributed by atoms with Gasteiger partial charge < -0.3 is 9.88 Å². The van der Waals surface area contributed by atoms with Crippen LogP contribution >= 0.6 is 0 Å². The van der Waals surface area contributed by atoms with Crippen LogP contribution in [0, 0.1) is 11.6 Å². The van der Waals surface area contributed by atoms with Crippen LogP contribution in [0.5, 0.6) is 0 Å². The predicted molar refractivity (Wildman–Crippen MR) is 82.2 cm³/mol. The molecule has 1 aliphatic rings. The number of halogens is 2. The van der Waals surface area contributed by atoms with E-state index in [1.54, 1.807) is 12.4 Å². The summed E-state index contributed by atoms with van der Waals surface area (Å²) >= 11 is 0. The van der Waals surface area contributed by atoms with Crippen molar-refractivity contribution in [2.45, 2.75) is 18.8 Å². The standard InChI is InChI=1S/C16H15F2N5/c17-12-2-1-11(7-13(12)18)10-3-5-23(6-4-10)16-14-15(20-8-19-14)21-9-22-16/h1-2,7-10H,3-6H2,(H,19,20,21,22). The molecule has 3 aromatic rings. The zero-order valence-electron chi connectivity index (χ0n) is 12.3. The number of fused-ring (bicyclic) bond motifs is 1. The van der Waals surface area contributed by atoms with E-state index in [2.05, 4.69) is 24.8 Å². The number of anilines is 1. The summed E-state index contributed by atoms with van der Waals surface area (Å²) in [4.78, 5) is 17.9. The van der Waals surface area contributed by atoms with Crippen molar-refractivity contribution in [1.82, 2.24) is 19.9 Å². The lowest BCUT2D eigenvalue weighted by Gasteiger charge is -2.33. The summed E-state index contributed by atoms with van der Waals surface area (Å²) in [6.07, 6.45) is 4.85. The molecule has 1 saturated heterocycles. The normalized spacial score (nSPS) is 16.2. The highest BCUT2D eigenvalue weighted by atomic mass is 19.2. The molecule has 5 nitrogen and oxygen atoms in total. The molecule has 0 amide bonds. The SMILES string of the molecule is Fc1ccc(C2CCN(c3ncnc4nc[nH]c34)CC2)cc1F. The minimum atomic E-state index is -0.797. The Morgan fingerprint density at radius 2 is 1.87 bits per heavy atom. The molecule has 0 spiro atoms. The fourth-order valence-corrected chi connectivity index (χ4v) is 3.18. The Balaban J connectivity index is 1.52. The second kappa shape index (κ2) is 5.57. The molecule has 0 aliphatic carbocycles. The van der Waals surface area contributed by atoms with E-state index in [0.717, 1.165) is 42.8 Å². The Labute approximate surface area is 131 Å². The monoisotopic (exact) mass is 315 g/mol. The molecule has 118 valence electrons. The molecule has 0 radical (unpaired) electrons. The largest absolute Gasteiger partial charge is 0.355 e. The highest BCUT2D eigenvalue weighted by Crippen LogP contribution is 2.31. The minimum Gasteiger partial charge on any atom is -0.355 e. The third-order valence-electron chi connectivity index (χ3n) is 4.41. The van der Waals surface area contributed by atoms with E-state index in [-0.39, 0.29) is 5.92 Å². The summed E-state index contributed by atoms with van der Waals surface area (Å²) in [7, 11) is 0. The van der Waals surface area contributed by atoms with Gasteiger partial charge in [0.1, 0.15) is 11.8 Å². The van der Waals surface area contributed by atoms with Crippen molar-refractivity contribution in [2.24, 2.45) is 0 Å². The molecule has 23 heavy (non-hydrogen) atoms. The summed E-state index contributed by atoms with van der Waals surface area (Å²) < 4.78 is 26.5. The molecule has 0 saturated carbocycles. The lowest BCUT2D eigenvalue weighted by Crippen LogP contribution is -2.33. The number of piperidine rings is 1. The molecule has 1 aromatic carbocycles. The molecule has 0 atom stereocenters. The minimum absolute atomic E-state index is 0.237. The number of imidazole rings is 1. The van der Waals surface area contributed by atoms with Gasteiger partial charge in [-0.2, -0.15) is 0 Å². The van der Waals surface area contributed by atoms with Crippen molar-refractivity contribution in [3.63, 3.8) is 0 Å². The second-order valence-electron chi connectivity index (χ2n) is 5.73. The molecule has 0 unspecified atom stereocenters. The third kappa shape index (κ3) is 2.52. The molecule has 1 N–H and O–H groups in total. The van der Waals surface area contributed by atoms with Crippen LogP contribution in [0.15, 0.2) is 30.9 Å². The van der Waals surface area contributed by atoms with Gasteiger partial charge in [-0.15, -0.1) is 0 Å². The molecule has 4 rings (SSSR count). The van der Waals surface area contributed by atoms with Gasteiger partial charge in [-0.25, -0.2) is 23.7 Å². The van der Waals surface area contributed by atoms with Crippen molar-refractivity contribution in [3.05, 3.63) is 48.1 Å². The number of nitrogens with zero attached hydrogens (tertiary/aromatic N) is 4. The lowest BCUT2D eigenvalue weighted by atomic mass is 9.89. The fraction of sp³-hybridized carbons (Fsp3) is 0.312. The number of aromatic amines is 1. The number of rotatable bonds is 2. The smallest absolute Gasteiger partial charge is 0.182 e. The zero-order valence-corrected chi connectivity index (χ0v) is 12.3. The van der Waals surface area contributed by atoms with Crippen LogP contribution in [0.25, 0.3) is 11.2 Å². The van der Waals surface area contributed by atoms with Crippen LogP contribution in [-0.4, -0.2) is 33.0 Å². The Morgan fingerprint density at radius 1 is 1.04 bits per heavy atom. The first-order valence-corrected chi connectivity index (χ1v) is 7.56. The third-order valence-corrected chi connectivity index (χ3v) is 4.41. The maximum Gasteiger partial charge on any atom is 0.182 e. The number of aromatic nitrogens is 4. The Kier molecular flexibility index (Phi) is 3.40. The van der Waals surface area contributed by atoms with E-state index in [9.17, 15) is 8.78 Å². The van der Waals surface area contributed by atoms with Gasteiger partial charge in [-0.05, 0) is 36.5 Å². The van der Waals surface area contributed by atoms with Gasteiger partial charge in [0.15, 0.2) is 23.1 Å². The molecule has 2 aromatic heterocycles. The van der Waals surface area contributed by atoms with E-state index < -0.39 is 11.6 Å². The van der Waals surface area contributed by atoms with E-state index >= 15 is 0 Å². The highest BCUT2D eigenvalue weighted by molar-refractivity contribution is 5.82. The van der Waals surface area contributed by atoms with Gasteiger partial charge in [0.05, 0.1) is 6.33 Å². The second-order valence-corrected chi connectivity index (χ2v) is 5.73. The number of nitrogens with one attached hydrogen (secondary N) is 1. The number of hydrogen-bond donors (Lipinski definition) is 1. The van der Waals surface area contributed by atoms with Crippen LogP contribution in [0.3, 0.4) is 0 Å². The Bertz CT molecular complexity index is 839. The van der Waals surface area contributed by atoms with Crippen LogP contribution in [0.2, 0.25) is 0 Å². The topological polar surface area (TPSA) is 57.7 Å². The van der Waals surface area contributed by atoms with Crippen LogP contribution < -0.4 is 4.90 Å². The Morgan fingerprint density at radius 3 is 2.65 bits per heavy atom. The molecule has 1 aliphatic heterocycles. The first kappa shape index (κ1) is 14.0. The average molecular weight is 315 g/mol. The summed E-state index contributed by atoms with van der Waals surface area (Å²) in [5, 5.41) is 0. The van der Waals surface area contributed by atoms with E-state index in [4.69, 9.17) is 0 Å².